The molecule has 0 saturated carbocycles. The van der Waals surface area contributed by atoms with Gasteiger partial charge in [-0.05, 0) is 25.3 Å². The molecule has 1 aromatic rings. The Bertz CT molecular complexity index is 567. The first-order valence-corrected chi connectivity index (χ1v) is 7.51. The summed E-state index contributed by atoms with van der Waals surface area (Å²) in [4.78, 5) is 28.3. The van der Waals surface area contributed by atoms with Gasteiger partial charge < -0.3 is 9.80 Å². The highest BCUT2D eigenvalue weighted by atomic mass is 16.2. The van der Waals surface area contributed by atoms with Crippen LogP contribution in [-0.2, 0) is 9.59 Å². The maximum Gasteiger partial charge on any atom is 0.246 e. The highest BCUT2D eigenvalue weighted by Crippen LogP contribution is 2.26. The normalized spacial score (nSPS) is 25.8. The van der Waals surface area contributed by atoms with E-state index in [0.29, 0.717) is 6.54 Å². The van der Waals surface area contributed by atoms with E-state index in [2.05, 4.69) is 0 Å². The van der Waals surface area contributed by atoms with E-state index in [1.807, 2.05) is 49.4 Å². The van der Waals surface area contributed by atoms with Crippen LogP contribution in [-0.4, -0.2) is 46.8 Å². The van der Waals surface area contributed by atoms with Crippen molar-refractivity contribution in [3.63, 3.8) is 0 Å². The van der Waals surface area contributed by atoms with Crippen LogP contribution in [0, 0.1) is 0 Å². The van der Waals surface area contributed by atoms with Gasteiger partial charge in [0.1, 0.15) is 12.1 Å². The lowest BCUT2D eigenvalue weighted by Gasteiger charge is -2.40. The van der Waals surface area contributed by atoms with E-state index in [1.54, 1.807) is 9.80 Å². The van der Waals surface area contributed by atoms with Gasteiger partial charge in [0.15, 0.2) is 0 Å². The molecule has 0 unspecified atom stereocenters. The van der Waals surface area contributed by atoms with Crippen molar-refractivity contribution < 1.29 is 9.59 Å². The zero-order chi connectivity index (χ0) is 14.8. The lowest BCUT2D eigenvalue weighted by atomic mass is 10.1. The predicted molar refractivity (Wildman–Crippen MR) is 81.4 cm³/mol. The second kappa shape index (κ2) is 5.72. The molecule has 2 fully saturated rings. The Labute approximate surface area is 125 Å². The van der Waals surface area contributed by atoms with Gasteiger partial charge in [-0.3, -0.25) is 9.59 Å². The third-order valence-corrected chi connectivity index (χ3v) is 4.34. The van der Waals surface area contributed by atoms with Crippen LogP contribution in [0.5, 0.6) is 0 Å². The number of fused-ring (bicyclic) bond motifs is 1. The van der Waals surface area contributed by atoms with Crippen molar-refractivity contribution in [1.82, 2.24) is 9.80 Å². The fourth-order valence-electron chi connectivity index (χ4n) is 3.16. The highest BCUT2D eigenvalue weighted by Gasteiger charge is 2.45. The molecular formula is C17H20N2O2. The van der Waals surface area contributed by atoms with Gasteiger partial charge in [-0.15, -0.1) is 0 Å². The summed E-state index contributed by atoms with van der Waals surface area (Å²) >= 11 is 0. The molecule has 2 heterocycles. The van der Waals surface area contributed by atoms with Gasteiger partial charge in [0.05, 0.1) is 0 Å². The third kappa shape index (κ3) is 2.58. The number of carbonyl (C=O) groups excluding carboxylic acids is 2. The fraction of sp³-hybridized carbons (Fsp3) is 0.412. The molecule has 21 heavy (non-hydrogen) atoms. The smallest absolute Gasteiger partial charge is 0.246 e. The first kappa shape index (κ1) is 13.9. The summed E-state index contributed by atoms with van der Waals surface area (Å²) in [5, 5.41) is 0. The molecule has 0 radical (unpaired) electrons. The molecule has 0 spiro atoms. The molecule has 4 heteroatoms. The first-order chi connectivity index (χ1) is 10.2. The number of hydrogen-bond acceptors (Lipinski definition) is 2. The number of piperazine rings is 1. The number of amides is 2. The van der Waals surface area contributed by atoms with Crippen molar-refractivity contribution >= 4 is 17.9 Å². The van der Waals surface area contributed by atoms with E-state index in [-0.39, 0.29) is 23.9 Å². The fourth-order valence-corrected chi connectivity index (χ4v) is 3.16. The minimum atomic E-state index is -0.354. The minimum Gasteiger partial charge on any atom is -0.329 e. The summed E-state index contributed by atoms with van der Waals surface area (Å²) < 4.78 is 0. The zero-order valence-electron chi connectivity index (χ0n) is 12.2. The molecule has 1 aromatic carbocycles. The Kier molecular flexibility index (Phi) is 3.78. The van der Waals surface area contributed by atoms with Crippen molar-refractivity contribution in [3.8, 4) is 0 Å². The van der Waals surface area contributed by atoms with Gasteiger partial charge in [-0.25, -0.2) is 0 Å². The molecule has 2 amide bonds. The van der Waals surface area contributed by atoms with Crippen LogP contribution >= 0.6 is 0 Å². The van der Waals surface area contributed by atoms with Crippen molar-refractivity contribution in [2.45, 2.75) is 31.8 Å². The molecule has 2 aliphatic rings. The van der Waals surface area contributed by atoms with Crippen molar-refractivity contribution in [1.29, 1.82) is 0 Å². The molecule has 3 rings (SSSR count). The Hall–Kier alpha value is -2.10. The maximum absolute atomic E-state index is 12.5. The first-order valence-electron chi connectivity index (χ1n) is 7.51. The van der Waals surface area contributed by atoms with E-state index in [1.165, 1.54) is 0 Å². The van der Waals surface area contributed by atoms with Crippen LogP contribution in [0.2, 0.25) is 0 Å². The summed E-state index contributed by atoms with van der Waals surface area (Å²) in [6, 6.07) is 9.39. The van der Waals surface area contributed by atoms with E-state index in [0.717, 1.165) is 24.9 Å². The van der Waals surface area contributed by atoms with Crippen LogP contribution in [0.15, 0.2) is 36.4 Å². The van der Waals surface area contributed by atoms with E-state index in [4.69, 9.17) is 0 Å². The summed E-state index contributed by atoms with van der Waals surface area (Å²) in [7, 11) is 0. The SMILES string of the molecule is C[C@H]1C(=O)N2CCC[C@H]2C(=O)N1C/C=C/c1ccccc1. The number of rotatable bonds is 3. The standard InChI is InChI=1S/C17H20N2O2/c1-13-16(20)19-12-6-10-15(19)17(21)18(13)11-5-9-14-7-3-2-4-8-14/h2-5,7-9,13,15H,6,10-12H2,1H3/b9-5+/t13-,15-/m0/s1. The van der Waals surface area contributed by atoms with Gasteiger partial charge >= 0.3 is 0 Å². The number of carbonyl (C=O) groups is 2. The lowest BCUT2D eigenvalue weighted by Crippen LogP contribution is -2.61. The average Bonchev–Trinajstić information content (AvgIpc) is 2.99. The topological polar surface area (TPSA) is 40.6 Å². The van der Waals surface area contributed by atoms with Gasteiger partial charge in [-0.2, -0.15) is 0 Å². The molecule has 0 N–H and O–H groups in total. The van der Waals surface area contributed by atoms with Crippen LogP contribution < -0.4 is 0 Å². The molecule has 2 saturated heterocycles. The molecule has 2 atom stereocenters. The minimum absolute atomic E-state index is 0.0882. The lowest BCUT2D eigenvalue weighted by molar-refractivity contribution is -0.157. The van der Waals surface area contributed by atoms with Crippen LogP contribution in [0.25, 0.3) is 6.08 Å². The van der Waals surface area contributed by atoms with Gasteiger partial charge in [0.25, 0.3) is 0 Å². The summed E-state index contributed by atoms with van der Waals surface area (Å²) in [6.45, 7) is 3.05. The van der Waals surface area contributed by atoms with E-state index >= 15 is 0 Å². The predicted octanol–water partition coefficient (Wildman–Crippen LogP) is 1.92. The summed E-state index contributed by atoms with van der Waals surface area (Å²) in [5.41, 5.74) is 1.10. The molecule has 4 nitrogen and oxygen atoms in total. The van der Waals surface area contributed by atoms with Crippen LogP contribution in [0.4, 0.5) is 0 Å². The number of benzene rings is 1. The third-order valence-electron chi connectivity index (χ3n) is 4.34. The second-order valence-electron chi connectivity index (χ2n) is 5.67. The molecule has 0 aromatic heterocycles. The second-order valence-corrected chi connectivity index (χ2v) is 5.67. The molecular weight excluding hydrogens is 264 g/mol. The molecule has 110 valence electrons. The van der Waals surface area contributed by atoms with E-state index < -0.39 is 0 Å². The van der Waals surface area contributed by atoms with E-state index in [9.17, 15) is 9.59 Å². The van der Waals surface area contributed by atoms with Crippen molar-refractivity contribution in [2.24, 2.45) is 0 Å². The van der Waals surface area contributed by atoms with Crippen LogP contribution in [0.3, 0.4) is 0 Å². The van der Waals surface area contributed by atoms with Gasteiger partial charge in [0.2, 0.25) is 11.8 Å². The highest BCUT2D eigenvalue weighted by molar-refractivity contribution is 5.97. The molecule has 0 bridgehead atoms. The number of hydrogen-bond donors (Lipinski definition) is 0. The zero-order valence-corrected chi connectivity index (χ0v) is 12.2. The Balaban J connectivity index is 1.71. The average molecular weight is 284 g/mol. The number of nitrogens with zero attached hydrogens (tertiary/aromatic N) is 2. The quantitative estimate of drug-likeness (QED) is 0.851. The Morgan fingerprint density at radius 3 is 2.71 bits per heavy atom. The molecule has 0 aliphatic carbocycles. The van der Waals surface area contributed by atoms with Gasteiger partial charge in [0, 0.05) is 13.1 Å². The van der Waals surface area contributed by atoms with Crippen molar-refractivity contribution in [3.05, 3.63) is 42.0 Å². The van der Waals surface area contributed by atoms with Gasteiger partial charge in [-0.1, -0.05) is 42.5 Å². The van der Waals surface area contributed by atoms with Crippen molar-refractivity contribution in [2.75, 3.05) is 13.1 Å². The molecule has 2 aliphatic heterocycles. The Morgan fingerprint density at radius 2 is 1.95 bits per heavy atom. The maximum atomic E-state index is 12.5. The van der Waals surface area contributed by atoms with Crippen LogP contribution in [0.1, 0.15) is 25.3 Å². The Morgan fingerprint density at radius 1 is 1.19 bits per heavy atom. The summed E-state index contributed by atoms with van der Waals surface area (Å²) in [6.07, 6.45) is 5.69. The largest absolute Gasteiger partial charge is 0.329 e. The summed E-state index contributed by atoms with van der Waals surface area (Å²) in [5.74, 6) is 0.183. The monoisotopic (exact) mass is 284 g/mol.